The zero-order valence-electron chi connectivity index (χ0n) is 23.2. The number of urea groups is 1. The first-order valence-corrected chi connectivity index (χ1v) is 12.7. The third-order valence-electron chi connectivity index (χ3n) is 7.23. The number of carbonyl (C=O) groups is 4. The van der Waals surface area contributed by atoms with Gasteiger partial charge in [-0.05, 0) is 48.2 Å². The summed E-state index contributed by atoms with van der Waals surface area (Å²) in [5.41, 5.74) is 2.97. The lowest BCUT2D eigenvalue weighted by Crippen LogP contribution is -2.46. The SMILES string of the molecule is COC(=O)Cc1ccc(OC)c(-c2ccc(C)cc2CN2C(=O)N(CC(=O)OC)C(C)(c3ccccc3)C2=O)c1. The average Bonchev–Trinajstić information content (AvgIpc) is 3.14. The number of rotatable bonds is 9. The summed E-state index contributed by atoms with van der Waals surface area (Å²) in [5.74, 6) is -0.890. The van der Waals surface area contributed by atoms with E-state index in [1.807, 2.05) is 37.3 Å². The number of amides is 3. The number of methoxy groups -OCH3 is 3. The third kappa shape index (κ3) is 5.27. The Morgan fingerprint density at radius 1 is 0.850 bits per heavy atom. The molecule has 0 radical (unpaired) electrons. The lowest BCUT2D eigenvalue weighted by molar-refractivity contribution is -0.143. The van der Waals surface area contributed by atoms with E-state index in [4.69, 9.17) is 14.2 Å². The Balaban J connectivity index is 1.79. The highest BCUT2D eigenvalue weighted by atomic mass is 16.5. The van der Waals surface area contributed by atoms with Crippen molar-refractivity contribution in [3.63, 3.8) is 0 Å². The van der Waals surface area contributed by atoms with Crippen molar-refractivity contribution in [2.45, 2.75) is 32.4 Å². The Morgan fingerprint density at radius 2 is 1.55 bits per heavy atom. The summed E-state index contributed by atoms with van der Waals surface area (Å²) < 4.78 is 15.3. The predicted octanol–water partition coefficient (Wildman–Crippen LogP) is 4.24. The molecule has 1 unspecified atom stereocenters. The zero-order chi connectivity index (χ0) is 29.0. The molecule has 1 heterocycles. The van der Waals surface area contributed by atoms with Crippen LogP contribution < -0.4 is 4.74 Å². The van der Waals surface area contributed by atoms with Crippen LogP contribution in [0.5, 0.6) is 5.75 Å². The van der Waals surface area contributed by atoms with Crippen LogP contribution in [0.3, 0.4) is 0 Å². The molecular formula is C31H32N2O7. The van der Waals surface area contributed by atoms with Crippen molar-refractivity contribution in [1.29, 1.82) is 0 Å². The highest BCUT2D eigenvalue weighted by Crippen LogP contribution is 2.40. The molecule has 9 heteroatoms. The Bertz CT molecular complexity index is 1450. The molecule has 208 valence electrons. The highest BCUT2D eigenvalue weighted by Gasteiger charge is 2.55. The number of hydrogen-bond donors (Lipinski definition) is 0. The molecule has 4 rings (SSSR count). The van der Waals surface area contributed by atoms with Crippen LogP contribution in [0.15, 0.2) is 66.7 Å². The fraction of sp³-hybridized carbons (Fsp3) is 0.290. The van der Waals surface area contributed by atoms with Crippen LogP contribution in [0.4, 0.5) is 4.79 Å². The number of benzene rings is 3. The maximum absolute atomic E-state index is 14.0. The van der Waals surface area contributed by atoms with Crippen molar-refractivity contribution in [2.24, 2.45) is 0 Å². The lowest BCUT2D eigenvalue weighted by atomic mass is 9.90. The van der Waals surface area contributed by atoms with Crippen molar-refractivity contribution < 1.29 is 33.4 Å². The summed E-state index contributed by atoms with van der Waals surface area (Å²) in [7, 11) is 4.13. The van der Waals surface area contributed by atoms with Crippen LogP contribution in [0.25, 0.3) is 11.1 Å². The van der Waals surface area contributed by atoms with Crippen LogP contribution in [-0.4, -0.2) is 61.6 Å². The van der Waals surface area contributed by atoms with E-state index >= 15 is 0 Å². The van der Waals surface area contributed by atoms with Gasteiger partial charge in [0.15, 0.2) is 0 Å². The molecule has 1 atom stereocenters. The molecule has 3 aromatic carbocycles. The van der Waals surface area contributed by atoms with Gasteiger partial charge in [0.25, 0.3) is 5.91 Å². The van der Waals surface area contributed by atoms with E-state index in [-0.39, 0.29) is 25.5 Å². The quantitative estimate of drug-likeness (QED) is 0.293. The monoisotopic (exact) mass is 544 g/mol. The summed E-state index contributed by atoms with van der Waals surface area (Å²) in [6, 6.07) is 19.4. The van der Waals surface area contributed by atoms with Gasteiger partial charge in [0.05, 0.1) is 34.3 Å². The molecule has 3 aromatic rings. The third-order valence-corrected chi connectivity index (χ3v) is 7.23. The molecule has 0 spiro atoms. The molecule has 0 saturated carbocycles. The number of nitrogens with zero attached hydrogens (tertiary/aromatic N) is 2. The Morgan fingerprint density at radius 3 is 2.20 bits per heavy atom. The van der Waals surface area contributed by atoms with Crippen molar-refractivity contribution in [3.8, 4) is 16.9 Å². The first-order valence-electron chi connectivity index (χ1n) is 12.7. The van der Waals surface area contributed by atoms with E-state index < -0.39 is 23.4 Å². The highest BCUT2D eigenvalue weighted by molar-refractivity contribution is 6.08. The van der Waals surface area contributed by atoms with Crippen LogP contribution in [0, 0.1) is 6.92 Å². The summed E-state index contributed by atoms with van der Waals surface area (Å²) in [4.78, 5) is 54.4. The van der Waals surface area contributed by atoms with Crippen LogP contribution in [0.2, 0.25) is 0 Å². The molecular weight excluding hydrogens is 512 g/mol. The second kappa shape index (κ2) is 11.6. The maximum Gasteiger partial charge on any atom is 0.328 e. The fourth-order valence-electron chi connectivity index (χ4n) is 5.00. The van der Waals surface area contributed by atoms with Gasteiger partial charge in [0.2, 0.25) is 0 Å². The number of aryl methyl sites for hydroxylation is 1. The van der Waals surface area contributed by atoms with E-state index in [0.29, 0.717) is 22.4 Å². The Kier molecular flexibility index (Phi) is 8.23. The van der Waals surface area contributed by atoms with E-state index in [9.17, 15) is 19.2 Å². The molecule has 0 aromatic heterocycles. The average molecular weight is 545 g/mol. The van der Waals surface area contributed by atoms with E-state index in [1.165, 1.54) is 24.0 Å². The number of ether oxygens (including phenoxy) is 3. The number of esters is 2. The van der Waals surface area contributed by atoms with Gasteiger partial charge in [-0.15, -0.1) is 0 Å². The Hall–Kier alpha value is -4.66. The molecule has 0 aliphatic carbocycles. The first-order chi connectivity index (χ1) is 19.1. The summed E-state index contributed by atoms with van der Waals surface area (Å²) in [5, 5.41) is 0. The lowest BCUT2D eigenvalue weighted by Gasteiger charge is -2.31. The van der Waals surface area contributed by atoms with Crippen LogP contribution in [0.1, 0.15) is 29.2 Å². The molecule has 1 aliphatic heterocycles. The number of hydrogen-bond acceptors (Lipinski definition) is 7. The molecule has 0 N–H and O–H groups in total. The normalized spacial score (nSPS) is 16.7. The number of carbonyl (C=O) groups excluding carboxylic acids is 4. The molecule has 0 bridgehead atoms. The van der Waals surface area contributed by atoms with Gasteiger partial charge in [0.1, 0.15) is 17.8 Å². The summed E-state index contributed by atoms with van der Waals surface area (Å²) >= 11 is 0. The van der Waals surface area contributed by atoms with Crippen molar-refractivity contribution in [1.82, 2.24) is 9.80 Å². The largest absolute Gasteiger partial charge is 0.496 e. The van der Waals surface area contributed by atoms with Gasteiger partial charge in [-0.1, -0.05) is 60.2 Å². The molecule has 1 saturated heterocycles. The topological polar surface area (TPSA) is 102 Å². The van der Waals surface area contributed by atoms with Gasteiger partial charge in [0, 0.05) is 5.56 Å². The summed E-state index contributed by atoms with van der Waals surface area (Å²) in [6.45, 7) is 3.14. The molecule has 9 nitrogen and oxygen atoms in total. The van der Waals surface area contributed by atoms with Gasteiger partial charge < -0.3 is 14.2 Å². The van der Waals surface area contributed by atoms with Gasteiger partial charge in [-0.25, -0.2) is 4.79 Å². The molecule has 40 heavy (non-hydrogen) atoms. The maximum atomic E-state index is 14.0. The van der Waals surface area contributed by atoms with Gasteiger partial charge in [-0.3, -0.25) is 24.2 Å². The predicted molar refractivity (Wildman–Crippen MR) is 147 cm³/mol. The first kappa shape index (κ1) is 28.4. The van der Waals surface area contributed by atoms with Crippen LogP contribution in [-0.2, 0) is 42.4 Å². The zero-order valence-corrected chi connectivity index (χ0v) is 23.2. The molecule has 3 amide bonds. The number of imide groups is 1. The van der Waals surface area contributed by atoms with Crippen molar-refractivity contribution in [3.05, 3.63) is 89.0 Å². The van der Waals surface area contributed by atoms with Crippen LogP contribution >= 0.6 is 0 Å². The van der Waals surface area contributed by atoms with Crippen molar-refractivity contribution >= 4 is 23.9 Å². The van der Waals surface area contributed by atoms with E-state index in [0.717, 1.165) is 16.7 Å². The van der Waals surface area contributed by atoms with Crippen molar-refractivity contribution in [2.75, 3.05) is 27.9 Å². The fourth-order valence-corrected chi connectivity index (χ4v) is 5.00. The van der Waals surface area contributed by atoms with Gasteiger partial charge in [-0.2, -0.15) is 0 Å². The molecule has 1 fully saturated rings. The minimum atomic E-state index is -1.41. The Labute approximate surface area is 233 Å². The molecule has 1 aliphatic rings. The smallest absolute Gasteiger partial charge is 0.328 e. The minimum absolute atomic E-state index is 0.0425. The minimum Gasteiger partial charge on any atom is -0.496 e. The van der Waals surface area contributed by atoms with E-state index in [1.54, 1.807) is 50.4 Å². The van der Waals surface area contributed by atoms with E-state index in [2.05, 4.69) is 0 Å². The second-order valence-electron chi connectivity index (χ2n) is 9.72. The standard InChI is InChI=1S/C31H32N2O7/c1-20-11-13-24(25-16-21(17-27(34)39-4)12-14-26(25)38-3)22(15-20)18-32-29(36)31(2,23-9-7-6-8-10-23)33(30(32)37)19-28(35)40-5/h6-16H,17-19H2,1-5H3. The summed E-state index contributed by atoms with van der Waals surface area (Å²) in [6.07, 6.45) is 0.0791. The van der Waals surface area contributed by atoms with Gasteiger partial charge >= 0.3 is 18.0 Å². The second-order valence-corrected chi connectivity index (χ2v) is 9.72.